The molecule has 0 amide bonds. The van der Waals surface area contributed by atoms with Crippen LogP contribution >= 0.6 is 15.9 Å². The molecule has 2 aromatic rings. The monoisotopic (exact) mass is 389 g/mol. The summed E-state index contributed by atoms with van der Waals surface area (Å²) in [7, 11) is 2.00. The summed E-state index contributed by atoms with van der Waals surface area (Å²) in [6.07, 6.45) is 1.75. The van der Waals surface area contributed by atoms with E-state index in [1.807, 2.05) is 63.6 Å². The molecule has 0 N–H and O–H groups in total. The minimum absolute atomic E-state index is 0.0733. The van der Waals surface area contributed by atoms with Crippen LogP contribution in [0.2, 0.25) is 0 Å². The molecule has 0 aliphatic rings. The van der Waals surface area contributed by atoms with E-state index in [4.69, 9.17) is 4.74 Å². The summed E-state index contributed by atoms with van der Waals surface area (Å²) < 4.78 is 6.81. The topological polar surface area (TPSA) is 37.7 Å². The van der Waals surface area contributed by atoms with Crippen LogP contribution in [-0.4, -0.2) is 29.3 Å². The Bertz CT molecular complexity index is 701. The van der Waals surface area contributed by atoms with Crippen LogP contribution in [0.4, 0.5) is 5.69 Å². The molecule has 0 saturated heterocycles. The zero-order valence-electron chi connectivity index (χ0n) is 14.8. The summed E-state index contributed by atoms with van der Waals surface area (Å²) in [5.74, 6) is 0.583. The van der Waals surface area contributed by atoms with Gasteiger partial charge >= 0.3 is 0 Å². The van der Waals surface area contributed by atoms with Crippen LogP contribution in [0, 0.1) is 6.92 Å². The van der Waals surface area contributed by atoms with Gasteiger partial charge < -0.3 is 9.64 Å². The van der Waals surface area contributed by atoms with Gasteiger partial charge in [0.25, 0.3) is 0 Å². The second-order valence-electron chi connectivity index (χ2n) is 6.05. The Hall–Kier alpha value is -1.88. The number of nitrogens with zero attached hydrogens (tertiary/aromatic N) is 3. The zero-order valence-corrected chi connectivity index (χ0v) is 16.4. The fourth-order valence-electron chi connectivity index (χ4n) is 2.01. The molecule has 0 fully saturated rings. The number of benzene rings is 1. The van der Waals surface area contributed by atoms with Gasteiger partial charge in [0, 0.05) is 13.1 Å². The molecule has 4 nitrogen and oxygen atoms in total. The molecule has 1 heterocycles. The normalized spacial score (nSPS) is 12.6. The summed E-state index contributed by atoms with van der Waals surface area (Å²) in [4.78, 5) is 11.1. The average molecular weight is 390 g/mol. The number of pyridine rings is 1. The van der Waals surface area contributed by atoms with E-state index < -0.39 is 0 Å². The molecule has 0 aliphatic heterocycles. The minimum atomic E-state index is -0.0733. The van der Waals surface area contributed by atoms with Crippen molar-refractivity contribution >= 4 is 28.0 Å². The molecule has 1 unspecified atom stereocenters. The fourth-order valence-corrected chi connectivity index (χ4v) is 2.41. The largest absolute Gasteiger partial charge is 0.469 e. The van der Waals surface area contributed by atoms with Gasteiger partial charge in [-0.1, -0.05) is 30.3 Å². The maximum atomic E-state index is 6.01. The van der Waals surface area contributed by atoms with Crippen molar-refractivity contribution in [1.29, 1.82) is 0 Å². The predicted octanol–water partition coefficient (Wildman–Crippen LogP) is 5.29. The van der Waals surface area contributed by atoms with Crippen molar-refractivity contribution in [3.05, 3.63) is 52.1 Å². The number of aliphatic imine (C=N–C) groups is 1. The van der Waals surface area contributed by atoms with Gasteiger partial charge in [0.15, 0.2) is 0 Å². The summed E-state index contributed by atoms with van der Waals surface area (Å²) in [6, 6.07) is 12.4. The Balaban J connectivity index is 2.17. The highest BCUT2D eigenvalue weighted by Gasteiger charge is 2.13. The van der Waals surface area contributed by atoms with E-state index in [1.54, 1.807) is 0 Å². The highest BCUT2D eigenvalue weighted by atomic mass is 79.9. The van der Waals surface area contributed by atoms with Gasteiger partial charge in [-0.2, -0.15) is 0 Å². The second kappa shape index (κ2) is 8.29. The second-order valence-corrected chi connectivity index (χ2v) is 6.91. The number of rotatable bonds is 6. The molecule has 1 aromatic heterocycles. The maximum Gasteiger partial charge on any atom is 0.228 e. The Morgan fingerprint density at radius 1 is 1.21 bits per heavy atom. The summed E-state index contributed by atoms with van der Waals surface area (Å²) in [5.41, 5.74) is 2.78. The van der Waals surface area contributed by atoms with Crippen LogP contribution < -0.4 is 4.74 Å². The van der Waals surface area contributed by atoms with Crippen molar-refractivity contribution in [3.63, 3.8) is 0 Å². The molecule has 1 atom stereocenters. The Morgan fingerprint density at radius 2 is 1.88 bits per heavy atom. The van der Waals surface area contributed by atoms with Crippen LogP contribution in [0.5, 0.6) is 5.88 Å². The van der Waals surface area contributed by atoms with Gasteiger partial charge in [-0.25, -0.2) is 9.98 Å². The number of hydrogen-bond donors (Lipinski definition) is 0. The number of hydrogen-bond acceptors (Lipinski definition) is 3. The van der Waals surface area contributed by atoms with Gasteiger partial charge in [-0.05, 0) is 55.3 Å². The van der Waals surface area contributed by atoms with E-state index >= 15 is 0 Å². The third-order valence-electron chi connectivity index (χ3n) is 3.86. The van der Waals surface area contributed by atoms with Crippen LogP contribution in [-0.2, 0) is 0 Å². The Morgan fingerprint density at radius 3 is 2.50 bits per heavy atom. The number of halogens is 1. The van der Waals surface area contributed by atoms with Gasteiger partial charge in [-0.15, -0.1) is 0 Å². The van der Waals surface area contributed by atoms with Crippen molar-refractivity contribution in [3.8, 4) is 5.88 Å². The lowest BCUT2D eigenvalue weighted by molar-refractivity contribution is 0.215. The van der Waals surface area contributed by atoms with Crippen LogP contribution in [0.25, 0.3) is 0 Å². The molecule has 0 aliphatic carbocycles. The Kier molecular flexibility index (Phi) is 6.37. The number of ether oxygens (including phenoxy) is 1. The summed E-state index contributed by atoms with van der Waals surface area (Å²) in [6.45, 7) is 8.20. The van der Waals surface area contributed by atoms with Crippen molar-refractivity contribution in [2.24, 2.45) is 4.99 Å². The lowest BCUT2D eigenvalue weighted by atomic mass is 10.1. The van der Waals surface area contributed by atoms with Crippen molar-refractivity contribution in [2.45, 2.75) is 39.8 Å². The van der Waals surface area contributed by atoms with E-state index in [2.05, 4.69) is 44.7 Å². The van der Waals surface area contributed by atoms with Crippen LogP contribution in [0.1, 0.15) is 38.1 Å². The van der Waals surface area contributed by atoms with E-state index in [0.717, 1.165) is 21.4 Å². The first kappa shape index (κ1) is 18.5. The first-order valence-corrected chi connectivity index (χ1v) is 8.82. The standard InChI is InChI=1S/C19H24BrN3O/c1-13(2)23(5)12-21-18-11-17(20)19(22-14(18)3)24-15(4)16-9-7-6-8-10-16/h6-13,15H,1-5H3/b21-12+. The molecule has 24 heavy (non-hydrogen) atoms. The molecule has 1 aromatic carbocycles. The maximum absolute atomic E-state index is 6.01. The molecule has 128 valence electrons. The van der Waals surface area contributed by atoms with E-state index in [0.29, 0.717) is 11.9 Å². The third kappa shape index (κ3) is 4.81. The number of aryl methyl sites for hydroxylation is 1. The molecule has 5 heteroatoms. The molecular formula is C19H24BrN3O. The minimum Gasteiger partial charge on any atom is -0.469 e. The van der Waals surface area contributed by atoms with Crippen LogP contribution in [0.3, 0.4) is 0 Å². The van der Waals surface area contributed by atoms with Crippen molar-refractivity contribution in [1.82, 2.24) is 9.88 Å². The SMILES string of the molecule is Cc1nc(OC(C)c2ccccc2)c(Br)cc1/N=C/N(C)C(C)C. The highest BCUT2D eigenvalue weighted by molar-refractivity contribution is 9.10. The first-order valence-electron chi connectivity index (χ1n) is 8.03. The average Bonchev–Trinajstić information content (AvgIpc) is 2.56. The first-order chi connectivity index (χ1) is 11.4. The molecular weight excluding hydrogens is 366 g/mol. The quantitative estimate of drug-likeness (QED) is 0.497. The van der Waals surface area contributed by atoms with Gasteiger partial charge in [-0.3, -0.25) is 0 Å². The smallest absolute Gasteiger partial charge is 0.228 e. The number of aromatic nitrogens is 1. The van der Waals surface area contributed by atoms with Crippen molar-refractivity contribution < 1.29 is 4.74 Å². The highest BCUT2D eigenvalue weighted by Crippen LogP contribution is 2.32. The lowest BCUT2D eigenvalue weighted by Crippen LogP contribution is -2.24. The van der Waals surface area contributed by atoms with Crippen LogP contribution in [0.15, 0.2) is 45.9 Å². The van der Waals surface area contributed by atoms with Gasteiger partial charge in [0.1, 0.15) is 6.10 Å². The van der Waals surface area contributed by atoms with E-state index in [1.165, 1.54) is 0 Å². The molecule has 0 spiro atoms. The molecule has 0 radical (unpaired) electrons. The van der Waals surface area contributed by atoms with Gasteiger partial charge in [0.05, 0.1) is 22.2 Å². The lowest BCUT2D eigenvalue weighted by Gasteiger charge is -2.18. The zero-order chi connectivity index (χ0) is 17.7. The molecule has 0 bridgehead atoms. The molecule has 2 rings (SSSR count). The van der Waals surface area contributed by atoms with Gasteiger partial charge in [0.2, 0.25) is 5.88 Å². The predicted molar refractivity (Wildman–Crippen MR) is 103 cm³/mol. The van der Waals surface area contributed by atoms with E-state index in [-0.39, 0.29) is 6.10 Å². The summed E-state index contributed by atoms with van der Waals surface area (Å²) in [5, 5.41) is 0. The molecule has 0 saturated carbocycles. The third-order valence-corrected chi connectivity index (χ3v) is 4.43. The van der Waals surface area contributed by atoms with E-state index in [9.17, 15) is 0 Å². The Labute approximate surface area is 152 Å². The fraction of sp³-hybridized carbons (Fsp3) is 0.368. The summed E-state index contributed by atoms with van der Waals surface area (Å²) >= 11 is 3.54. The van der Waals surface area contributed by atoms with Crippen molar-refractivity contribution in [2.75, 3.05) is 7.05 Å².